The Bertz CT molecular complexity index is 804. The van der Waals surface area contributed by atoms with Crippen LogP contribution in [-0.2, 0) is 17.9 Å². The van der Waals surface area contributed by atoms with E-state index in [1.807, 2.05) is 50.2 Å². The smallest absolute Gasteiger partial charge is 0.315 e. The molecule has 3 rings (SSSR count). The summed E-state index contributed by atoms with van der Waals surface area (Å²) in [6, 6.07) is 18.2. The largest absolute Gasteiger partial charge is 0.374 e. The Morgan fingerprint density at radius 3 is 2.42 bits per heavy atom. The second kappa shape index (κ2) is 11.8. The van der Waals surface area contributed by atoms with Gasteiger partial charge < -0.3 is 20.3 Å². The van der Waals surface area contributed by atoms with Gasteiger partial charge in [0, 0.05) is 39.3 Å². The Kier molecular flexibility index (Phi) is 8.88. The molecule has 1 atom stereocenters. The number of hydrogen-bond donors (Lipinski definition) is 2. The number of carbonyl (C=O) groups excluding carboxylic acids is 1. The lowest BCUT2D eigenvalue weighted by atomic mass is 10.1. The van der Waals surface area contributed by atoms with Crippen molar-refractivity contribution in [2.24, 2.45) is 0 Å². The first-order valence-corrected chi connectivity index (χ1v) is 11.2. The number of urea groups is 1. The maximum atomic E-state index is 12.7. The predicted molar refractivity (Wildman–Crippen MR) is 125 cm³/mol. The van der Waals surface area contributed by atoms with Crippen LogP contribution in [-0.4, -0.2) is 61.7 Å². The third kappa shape index (κ3) is 7.98. The summed E-state index contributed by atoms with van der Waals surface area (Å²) in [6.45, 7) is 10.1. The van der Waals surface area contributed by atoms with Crippen LogP contribution < -0.4 is 10.6 Å². The molecular weight excluding hydrogens is 388 g/mol. The van der Waals surface area contributed by atoms with Gasteiger partial charge in [-0.2, -0.15) is 0 Å². The zero-order valence-corrected chi connectivity index (χ0v) is 19.0. The summed E-state index contributed by atoms with van der Waals surface area (Å²) in [5.41, 5.74) is 3.31. The van der Waals surface area contributed by atoms with Crippen LogP contribution in [0.4, 0.5) is 4.79 Å². The van der Waals surface area contributed by atoms with Gasteiger partial charge in [0.25, 0.3) is 0 Å². The van der Waals surface area contributed by atoms with Crippen molar-refractivity contribution in [2.45, 2.75) is 39.1 Å². The molecule has 1 aliphatic heterocycles. The number of amides is 2. The molecule has 1 saturated heterocycles. The monoisotopic (exact) mass is 424 g/mol. The fourth-order valence-corrected chi connectivity index (χ4v) is 3.69. The molecule has 0 aromatic heterocycles. The second-order valence-corrected chi connectivity index (χ2v) is 8.57. The lowest BCUT2D eigenvalue weighted by Gasteiger charge is -2.35. The van der Waals surface area contributed by atoms with Crippen molar-refractivity contribution in [3.05, 3.63) is 71.3 Å². The van der Waals surface area contributed by atoms with Crippen molar-refractivity contribution in [3.63, 3.8) is 0 Å². The van der Waals surface area contributed by atoms with Gasteiger partial charge in [0.05, 0.1) is 18.8 Å². The average molecular weight is 425 g/mol. The average Bonchev–Trinajstić information content (AvgIpc) is 2.78. The molecule has 0 radical (unpaired) electrons. The summed E-state index contributed by atoms with van der Waals surface area (Å²) in [6.07, 6.45) is 0.197. The van der Waals surface area contributed by atoms with Crippen molar-refractivity contribution in [1.82, 2.24) is 20.4 Å². The van der Waals surface area contributed by atoms with E-state index in [9.17, 15) is 4.79 Å². The van der Waals surface area contributed by atoms with Gasteiger partial charge >= 0.3 is 6.03 Å². The molecule has 2 aromatic carbocycles. The molecule has 1 unspecified atom stereocenters. The fraction of sp³-hybridized carbons (Fsp3) is 0.480. The molecule has 31 heavy (non-hydrogen) atoms. The Morgan fingerprint density at radius 1 is 1.00 bits per heavy atom. The van der Waals surface area contributed by atoms with Crippen LogP contribution >= 0.6 is 0 Å². The van der Waals surface area contributed by atoms with Crippen LogP contribution in [0.2, 0.25) is 0 Å². The third-order valence-corrected chi connectivity index (χ3v) is 5.57. The standard InChI is InChI=1S/C25H36N4O2/c1-20(2)31-19-22-9-7-8-21(16-22)17-26-25(30)27-24(23-10-5-4-6-11-23)18-29-14-12-28(3)13-15-29/h4-11,16,20,24H,12-15,17-19H2,1-3H3,(H2,26,27,30). The quantitative estimate of drug-likeness (QED) is 0.648. The van der Waals surface area contributed by atoms with E-state index in [-0.39, 0.29) is 18.2 Å². The SMILES string of the molecule is CC(C)OCc1cccc(CNC(=O)NC(CN2CCN(C)CC2)c2ccccc2)c1. The number of nitrogens with one attached hydrogen (secondary N) is 2. The van der Waals surface area contributed by atoms with Gasteiger partial charge in [-0.25, -0.2) is 4.79 Å². The van der Waals surface area contributed by atoms with Gasteiger partial charge in [-0.15, -0.1) is 0 Å². The van der Waals surface area contributed by atoms with Crippen LogP contribution in [0.1, 0.15) is 36.6 Å². The Hall–Kier alpha value is -2.41. The molecule has 1 fully saturated rings. The minimum Gasteiger partial charge on any atom is -0.374 e. The number of benzene rings is 2. The van der Waals surface area contributed by atoms with E-state index in [2.05, 4.69) is 45.7 Å². The van der Waals surface area contributed by atoms with E-state index in [1.165, 1.54) is 0 Å². The minimum atomic E-state index is -0.146. The molecule has 2 amide bonds. The summed E-state index contributed by atoms with van der Waals surface area (Å²) in [5.74, 6) is 0. The normalized spacial score (nSPS) is 16.3. The van der Waals surface area contributed by atoms with Gasteiger partial charge in [0.1, 0.15) is 0 Å². The van der Waals surface area contributed by atoms with Crippen LogP contribution in [0.3, 0.4) is 0 Å². The molecule has 2 N–H and O–H groups in total. The van der Waals surface area contributed by atoms with E-state index < -0.39 is 0 Å². The van der Waals surface area contributed by atoms with Crippen molar-refractivity contribution >= 4 is 6.03 Å². The second-order valence-electron chi connectivity index (χ2n) is 8.57. The van der Waals surface area contributed by atoms with E-state index in [4.69, 9.17) is 4.74 Å². The summed E-state index contributed by atoms with van der Waals surface area (Å²) >= 11 is 0. The predicted octanol–water partition coefficient (Wildman–Crippen LogP) is 3.40. The molecule has 6 nitrogen and oxygen atoms in total. The summed E-state index contributed by atoms with van der Waals surface area (Å²) in [5, 5.41) is 6.20. The molecule has 168 valence electrons. The summed E-state index contributed by atoms with van der Waals surface area (Å²) in [7, 11) is 2.15. The van der Waals surface area contributed by atoms with E-state index >= 15 is 0 Å². The molecule has 0 spiro atoms. The maximum Gasteiger partial charge on any atom is 0.315 e. The Balaban J connectivity index is 1.56. The number of hydrogen-bond acceptors (Lipinski definition) is 4. The molecule has 0 bridgehead atoms. The van der Waals surface area contributed by atoms with E-state index in [0.29, 0.717) is 13.2 Å². The van der Waals surface area contributed by atoms with Gasteiger partial charge in [-0.3, -0.25) is 4.90 Å². The lowest BCUT2D eigenvalue weighted by molar-refractivity contribution is 0.0657. The molecule has 0 saturated carbocycles. The van der Waals surface area contributed by atoms with Crippen molar-refractivity contribution in [2.75, 3.05) is 39.8 Å². The highest BCUT2D eigenvalue weighted by Crippen LogP contribution is 2.15. The van der Waals surface area contributed by atoms with E-state index in [0.717, 1.165) is 49.4 Å². The highest BCUT2D eigenvalue weighted by Gasteiger charge is 2.21. The Morgan fingerprint density at radius 2 is 1.71 bits per heavy atom. The highest BCUT2D eigenvalue weighted by atomic mass is 16.5. The van der Waals surface area contributed by atoms with E-state index in [1.54, 1.807) is 0 Å². The lowest BCUT2D eigenvalue weighted by Crippen LogP contribution is -2.48. The topological polar surface area (TPSA) is 56.8 Å². The third-order valence-electron chi connectivity index (χ3n) is 5.57. The van der Waals surface area contributed by atoms with Crippen LogP contribution in [0.15, 0.2) is 54.6 Å². The van der Waals surface area contributed by atoms with Crippen LogP contribution in [0.25, 0.3) is 0 Å². The first-order chi connectivity index (χ1) is 15.0. The zero-order valence-electron chi connectivity index (χ0n) is 19.0. The number of likely N-dealkylation sites (N-methyl/N-ethyl adjacent to an activating group) is 1. The molecular formula is C25H36N4O2. The van der Waals surface area contributed by atoms with Crippen LogP contribution in [0, 0.1) is 0 Å². The van der Waals surface area contributed by atoms with Crippen molar-refractivity contribution in [3.8, 4) is 0 Å². The van der Waals surface area contributed by atoms with Crippen molar-refractivity contribution < 1.29 is 9.53 Å². The highest BCUT2D eigenvalue weighted by molar-refractivity contribution is 5.74. The number of piperazine rings is 1. The fourth-order valence-electron chi connectivity index (χ4n) is 3.69. The number of nitrogens with zero attached hydrogens (tertiary/aromatic N) is 2. The number of ether oxygens (including phenoxy) is 1. The first-order valence-electron chi connectivity index (χ1n) is 11.2. The number of carbonyl (C=O) groups is 1. The summed E-state index contributed by atoms with van der Waals surface area (Å²) in [4.78, 5) is 17.5. The summed E-state index contributed by atoms with van der Waals surface area (Å²) < 4.78 is 5.68. The van der Waals surface area contributed by atoms with Gasteiger partial charge in [0.2, 0.25) is 0 Å². The van der Waals surface area contributed by atoms with Crippen LogP contribution in [0.5, 0.6) is 0 Å². The zero-order chi connectivity index (χ0) is 22.1. The maximum absolute atomic E-state index is 12.7. The van der Waals surface area contributed by atoms with Gasteiger partial charge in [0.15, 0.2) is 0 Å². The molecule has 1 aliphatic rings. The van der Waals surface area contributed by atoms with Crippen molar-refractivity contribution in [1.29, 1.82) is 0 Å². The van der Waals surface area contributed by atoms with Gasteiger partial charge in [-0.05, 0) is 37.6 Å². The van der Waals surface area contributed by atoms with Gasteiger partial charge in [-0.1, -0.05) is 54.6 Å². The molecule has 2 aromatic rings. The first kappa shape index (κ1) is 23.3. The molecule has 0 aliphatic carbocycles. The number of rotatable bonds is 9. The Labute approximate surface area is 186 Å². The molecule has 6 heteroatoms. The minimum absolute atomic E-state index is 0.0459. The molecule has 1 heterocycles.